The third kappa shape index (κ3) is 3.52. The molecule has 1 aliphatic rings. The molecule has 1 aromatic heterocycles. The van der Waals surface area contributed by atoms with Gasteiger partial charge in [0.2, 0.25) is 11.8 Å². The van der Waals surface area contributed by atoms with Crippen LogP contribution in [0.3, 0.4) is 0 Å². The molecule has 1 fully saturated rings. The molecule has 1 atom stereocenters. The van der Waals surface area contributed by atoms with Gasteiger partial charge in [-0.15, -0.1) is 10.2 Å². The molecule has 3 rings (SSSR count). The molecule has 0 spiro atoms. The van der Waals surface area contributed by atoms with Gasteiger partial charge in [0.05, 0.1) is 5.25 Å². The van der Waals surface area contributed by atoms with Gasteiger partial charge in [-0.3, -0.25) is 4.79 Å². The molecule has 1 saturated heterocycles. The average molecular weight is 382 g/mol. The summed E-state index contributed by atoms with van der Waals surface area (Å²) >= 11 is 4.73. The molecule has 0 N–H and O–H groups in total. The van der Waals surface area contributed by atoms with Crippen molar-refractivity contribution in [2.24, 2.45) is 0 Å². The van der Waals surface area contributed by atoms with Crippen LogP contribution in [0.2, 0.25) is 0 Å². The lowest BCUT2D eigenvalue weighted by molar-refractivity contribution is -0.129. The number of carbonyl (C=O) groups excluding carboxylic acids is 1. The van der Waals surface area contributed by atoms with Gasteiger partial charge in [0.25, 0.3) is 5.22 Å². The van der Waals surface area contributed by atoms with Crippen molar-refractivity contribution in [2.75, 3.05) is 13.1 Å². The molecular formula is C15H16BrN3O2S. The molecule has 1 aliphatic heterocycles. The highest BCUT2D eigenvalue weighted by Gasteiger charge is 2.25. The normalized spacial score (nSPS) is 16.0. The number of hydrogen-bond acceptors (Lipinski definition) is 5. The fraction of sp³-hybridized carbons (Fsp3) is 0.400. The molecule has 5 nitrogen and oxygen atoms in total. The number of benzene rings is 1. The van der Waals surface area contributed by atoms with Gasteiger partial charge in [-0.05, 0) is 38.0 Å². The van der Waals surface area contributed by atoms with Crippen molar-refractivity contribution in [1.82, 2.24) is 15.1 Å². The van der Waals surface area contributed by atoms with Gasteiger partial charge in [-0.1, -0.05) is 33.8 Å². The maximum absolute atomic E-state index is 12.3. The number of likely N-dealkylation sites (tertiary alicyclic amines) is 1. The summed E-state index contributed by atoms with van der Waals surface area (Å²) in [6, 6.07) is 7.68. The Morgan fingerprint density at radius 1 is 1.36 bits per heavy atom. The molecule has 2 heterocycles. The van der Waals surface area contributed by atoms with Crippen LogP contribution in [0.15, 0.2) is 38.4 Å². The summed E-state index contributed by atoms with van der Waals surface area (Å²) in [6.07, 6.45) is 2.19. The fourth-order valence-corrected chi connectivity index (χ4v) is 3.56. The first-order valence-electron chi connectivity index (χ1n) is 7.18. The minimum Gasteiger partial charge on any atom is -0.411 e. The highest BCUT2D eigenvalue weighted by Crippen LogP contribution is 2.28. The summed E-state index contributed by atoms with van der Waals surface area (Å²) in [5, 5.41) is 8.30. The van der Waals surface area contributed by atoms with E-state index in [1.165, 1.54) is 11.8 Å². The average Bonchev–Trinajstić information content (AvgIpc) is 3.18. The molecule has 7 heteroatoms. The van der Waals surface area contributed by atoms with Crippen molar-refractivity contribution in [3.63, 3.8) is 0 Å². The van der Waals surface area contributed by atoms with E-state index in [1.54, 1.807) is 0 Å². The second-order valence-electron chi connectivity index (χ2n) is 5.18. The molecule has 0 bridgehead atoms. The second kappa shape index (κ2) is 6.83. The van der Waals surface area contributed by atoms with Crippen molar-refractivity contribution >= 4 is 33.6 Å². The molecule has 0 radical (unpaired) electrons. The van der Waals surface area contributed by atoms with E-state index in [0.29, 0.717) is 11.1 Å². The quantitative estimate of drug-likeness (QED) is 0.757. The Balaban J connectivity index is 1.67. The number of carbonyl (C=O) groups is 1. The van der Waals surface area contributed by atoms with Crippen LogP contribution in [0, 0.1) is 0 Å². The minimum atomic E-state index is -0.214. The molecule has 1 amide bonds. The molecule has 0 aliphatic carbocycles. The van der Waals surface area contributed by atoms with Crippen molar-refractivity contribution in [2.45, 2.75) is 30.2 Å². The third-order valence-corrected chi connectivity index (χ3v) is 4.94. The third-order valence-electron chi connectivity index (χ3n) is 3.52. The molecule has 116 valence electrons. The van der Waals surface area contributed by atoms with Crippen molar-refractivity contribution < 1.29 is 9.21 Å². The van der Waals surface area contributed by atoms with Gasteiger partial charge < -0.3 is 9.32 Å². The highest BCUT2D eigenvalue weighted by atomic mass is 79.9. The molecule has 1 aromatic carbocycles. The van der Waals surface area contributed by atoms with Crippen LogP contribution in [0.4, 0.5) is 0 Å². The Kier molecular flexibility index (Phi) is 4.83. The smallest absolute Gasteiger partial charge is 0.277 e. The molecule has 22 heavy (non-hydrogen) atoms. The number of rotatable bonds is 4. The van der Waals surface area contributed by atoms with E-state index in [0.717, 1.165) is 36.0 Å². The van der Waals surface area contributed by atoms with Gasteiger partial charge in [0, 0.05) is 23.1 Å². The summed E-state index contributed by atoms with van der Waals surface area (Å²) in [4.78, 5) is 14.2. The lowest BCUT2D eigenvalue weighted by atomic mass is 10.2. The second-order valence-corrected chi connectivity index (χ2v) is 7.38. The number of hydrogen-bond donors (Lipinski definition) is 0. The maximum atomic E-state index is 12.3. The minimum absolute atomic E-state index is 0.143. The molecular weight excluding hydrogens is 366 g/mol. The van der Waals surface area contributed by atoms with E-state index < -0.39 is 0 Å². The largest absolute Gasteiger partial charge is 0.411 e. The van der Waals surface area contributed by atoms with Crippen molar-refractivity contribution in [3.05, 3.63) is 28.7 Å². The van der Waals surface area contributed by atoms with Gasteiger partial charge in [0.15, 0.2) is 0 Å². The van der Waals surface area contributed by atoms with Crippen LogP contribution in [0.1, 0.15) is 19.8 Å². The van der Waals surface area contributed by atoms with Gasteiger partial charge in [-0.25, -0.2) is 0 Å². The van der Waals surface area contributed by atoms with Crippen LogP contribution in [0.5, 0.6) is 0 Å². The SMILES string of the molecule is C[C@@H](Sc1nnc(-c2cccc(Br)c2)o1)C(=O)N1CCCC1. The Morgan fingerprint density at radius 2 is 2.14 bits per heavy atom. The zero-order valence-electron chi connectivity index (χ0n) is 12.2. The predicted molar refractivity (Wildman–Crippen MR) is 88.6 cm³/mol. The van der Waals surface area contributed by atoms with Crippen LogP contribution in [-0.2, 0) is 4.79 Å². The lowest BCUT2D eigenvalue weighted by Crippen LogP contribution is -2.34. The molecule has 0 saturated carbocycles. The number of amides is 1. The van der Waals surface area contributed by atoms with Crippen LogP contribution in [-0.4, -0.2) is 39.3 Å². The van der Waals surface area contributed by atoms with E-state index in [2.05, 4.69) is 26.1 Å². The van der Waals surface area contributed by atoms with E-state index >= 15 is 0 Å². The van der Waals surface area contributed by atoms with E-state index in [-0.39, 0.29) is 11.2 Å². The van der Waals surface area contributed by atoms with Gasteiger partial charge in [-0.2, -0.15) is 0 Å². The first-order chi connectivity index (χ1) is 10.6. The summed E-state index contributed by atoms with van der Waals surface area (Å²) in [6.45, 7) is 3.60. The standard InChI is InChI=1S/C15H16BrN3O2S/c1-10(14(20)19-7-2-3-8-19)22-15-18-17-13(21-15)11-5-4-6-12(16)9-11/h4-6,9-10H,2-3,7-8H2,1H3/t10-/m1/s1. The number of nitrogens with zero attached hydrogens (tertiary/aromatic N) is 3. The lowest BCUT2D eigenvalue weighted by Gasteiger charge is -2.18. The zero-order chi connectivity index (χ0) is 15.5. The topological polar surface area (TPSA) is 59.2 Å². The number of aromatic nitrogens is 2. The Hall–Kier alpha value is -1.34. The first kappa shape index (κ1) is 15.6. The first-order valence-corrected chi connectivity index (χ1v) is 8.85. The van der Waals surface area contributed by atoms with E-state index in [4.69, 9.17) is 4.42 Å². The Morgan fingerprint density at radius 3 is 2.86 bits per heavy atom. The summed E-state index contributed by atoms with van der Waals surface area (Å²) in [5.41, 5.74) is 0.854. The Labute approximate surface area is 141 Å². The number of thioether (sulfide) groups is 1. The number of halogens is 1. The monoisotopic (exact) mass is 381 g/mol. The van der Waals surface area contributed by atoms with Crippen LogP contribution in [0.25, 0.3) is 11.5 Å². The van der Waals surface area contributed by atoms with E-state index in [1.807, 2.05) is 36.1 Å². The van der Waals surface area contributed by atoms with Crippen LogP contribution < -0.4 is 0 Å². The van der Waals surface area contributed by atoms with E-state index in [9.17, 15) is 4.79 Å². The highest BCUT2D eigenvalue weighted by molar-refractivity contribution is 9.10. The summed E-state index contributed by atoms with van der Waals surface area (Å²) in [7, 11) is 0. The maximum Gasteiger partial charge on any atom is 0.277 e. The predicted octanol–water partition coefficient (Wildman–Crippen LogP) is 3.60. The Bertz CT molecular complexity index is 670. The van der Waals surface area contributed by atoms with Crippen molar-refractivity contribution in [3.8, 4) is 11.5 Å². The summed E-state index contributed by atoms with van der Waals surface area (Å²) in [5.74, 6) is 0.606. The summed E-state index contributed by atoms with van der Waals surface area (Å²) < 4.78 is 6.61. The zero-order valence-corrected chi connectivity index (χ0v) is 14.6. The van der Waals surface area contributed by atoms with Crippen LogP contribution >= 0.6 is 27.7 Å². The van der Waals surface area contributed by atoms with Gasteiger partial charge >= 0.3 is 0 Å². The molecule has 2 aromatic rings. The molecule has 0 unspecified atom stereocenters. The van der Waals surface area contributed by atoms with Gasteiger partial charge in [0.1, 0.15) is 0 Å². The van der Waals surface area contributed by atoms with Crippen molar-refractivity contribution in [1.29, 1.82) is 0 Å². The fourth-order valence-electron chi connectivity index (χ4n) is 2.39.